The number of unbranched alkanes of at least 4 members (excludes halogenated alkanes) is 6. The number of hydrogen-bond acceptors (Lipinski definition) is 2. The zero-order valence-electron chi connectivity index (χ0n) is 14.0. The highest BCUT2D eigenvalue weighted by Crippen LogP contribution is 2.14. The number of carboxylic acids is 1. The Morgan fingerprint density at radius 3 is 2.05 bits per heavy atom. The molecule has 0 bridgehead atoms. The van der Waals surface area contributed by atoms with Crippen LogP contribution in [0.1, 0.15) is 75.6 Å². The van der Waals surface area contributed by atoms with Crippen LogP contribution in [0.25, 0.3) is 0 Å². The highest BCUT2D eigenvalue weighted by Gasteiger charge is 2.02. The van der Waals surface area contributed by atoms with Crippen molar-refractivity contribution in [2.75, 3.05) is 6.61 Å². The van der Waals surface area contributed by atoms with Gasteiger partial charge in [0.25, 0.3) is 0 Å². The lowest BCUT2D eigenvalue weighted by atomic mass is 10.0. The number of rotatable bonds is 12. The number of hydrogen-bond donors (Lipinski definition) is 1. The SMILES string of the molecule is CC(C)CCCCCCCCCOc1ccc(C(=O)O)cc1. The molecule has 3 nitrogen and oxygen atoms in total. The van der Waals surface area contributed by atoms with Crippen molar-refractivity contribution in [3.05, 3.63) is 29.8 Å². The summed E-state index contributed by atoms with van der Waals surface area (Å²) < 4.78 is 5.62. The van der Waals surface area contributed by atoms with Gasteiger partial charge < -0.3 is 9.84 Å². The van der Waals surface area contributed by atoms with E-state index in [1.165, 1.54) is 44.9 Å². The number of carbonyl (C=O) groups is 1. The summed E-state index contributed by atoms with van der Waals surface area (Å²) in [4.78, 5) is 10.7. The quantitative estimate of drug-likeness (QED) is 0.516. The van der Waals surface area contributed by atoms with E-state index in [0.717, 1.165) is 18.1 Å². The van der Waals surface area contributed by atoms with Crippen molar-refractivity contribution in [1.29, 1.82) is 0 Å². The lowest BCUT2D eigenvalue weighted by molar-refractivity contribution is 0.0697. The first-order valence-corrected chi connectivity index (χ1v) is 8.55. The summed E-state index contributed by atoms with van der Waals surface area (Å²) >= 11 is 0. The second-order valence-corrected chi connectivity index (χ2v) is 6.34. The molecule has 1 N–H and O–H groups in total. The van der Waals surface area contributed by atoms with Crippen molar-refractivity contribution in [1.82, 2.24) is 0 Å². The fraction of sp³-hybridized carbons (Fsp3) is 0.632. The highest BCUT2D eigenvalue weighted by atomic mass is 16.5. The molecule has 1 rings (SSSR count). The van der Waals surface area contributed by atoms with E-state index in [0.29, 0.717) is 12.2 Å². The molecule has 3 heteroatoms. The van der Waals surface area contributed by atoms with Crippen LogP contribution in [0, 0.1) is 5.92 Å². The minimum atomic E-state index is -0.903. The maximum atomic E-state index is 10.7. The molecule has 0 aromatic heterocycles. The standard InChI is InChI=1S/C19H30O3/c1-16(2)10-8-6-4-3-5-7-9-15-22-18-13-11-17(12-14-18)19(20)21/h11-14,16H,3-10,15H2,1-2H3,(H,20,21). The van der Waals surface area contributed by atoms with Gasteiger partial charge in [-0.25, -0.2) is 4.79 Å². The first kappa shape index (κ1) is 18.5. The molecule has 0 amide bonds. The topological polar surface area (TPSA) is 46.5 Å². The summed E-state index contributed by atoms with van der Waals surface area (Å²) in [6.45, 7) is 5.28. The fourth-order valence-corrected chi connectivity index (χ4v) is 2.42. The van der Waals surface area contributed by atoms with Gasteiger partial charge in [0.15, 0.2) is 0 Å². The van der Waals surface area contributed by atoms with Gasteiger partial charge in [0.05, 0.1) is 12.2 Å². The molecule has 0 unspecified atom stereocenters. The number of benzene rings is 1. The zero-order valence-corrected chi connectivity index (χ0v) is 14.0. The molecule has 0 saturated carbocycles. The second-order valence-electron chi connectivity index (χ2n) is 6.34. The molecular formula is C19H30O3. The van der Waals surface area contributed by atoms with Gasteiger partial charge in [-0.1, -0.05) is 58.8 Å². The molecule has 1 aromatic rings. The van der Waals surface area contributed by atoms with E-state index in [1.54, 1.807) is 24.3 Å². The highest BCUT2D eigenvalue weighted by molar-refractivity contribution is 5.87. The van der Waals surface area contributed by atoms with E-state index in [-0.39, 0.29) is 0 Å². The van der Waals surface area contributed by atoms with Crippen LogP contribution < -0.4 is 4.74 Å². The zero-order chi connectivity index (χ0) is 16.2. The third-order valence-electron chi connectivity index (χ3n) is 3.80. The minimum Gasteiger partial charge on any atom is -0.494 e. The van der Waals surface area contributed by atoms with Crippen LogP contribution in [0.2, 0.25) is 0 Å². The second kappa shape index (κ2) is 11.1. The number of carboxylic acid groups (broad SMARTS) is 1. The Kier molecular flexibility index (Phi) is 9.36. The molecule has 0 aliphatic carbocycles. The first-order chi connectivity index (χ1) is 10.6. The molecule has 0 atom stereocenters. The van der Waals surface area contributed by atoms with Gasteiger partial charge >= 0.3 is 5.97 Å². The molecule has 124 valence electrons. The fourth-order valence-electron chi connectivity index (χ4n) is 2.42. The van der Waals surface area contributed by atoms with Gasteiger partial charge in [0.2, 0.25) is 0 Å². The van der Waals surface area contributed by atoms with Gasteiger partial charge in [-0.2, -0.15) is 0 Å². The van der Waals surface area contributed by atoms with Gasteiger partial charge in [-0.3, -0.25) is 0 Å². The van der Waals surface area contributed by atoms with Gasteiger partial charge in [-0.15, -0.1) is 0 Å². The van der Waals surface area contributed by atoms with E-state index >= 15 is 0 Å². The monoisotopic (exact) mass is 306 g/mol. The molecule has 1 aromatic carbocycles. The molecule has 0 aliphatic heterocycles. The smallest absolute Gasteiger partial charge is 0.335 e. The molecule has 0 fully saturated rings. The van der Waals surface area contributed by atoms with E-state index in [9.17, 15) is 4.79 Å². The summed E-state index contributed by atoms with van der Waals surface area (Å²) in [5, 5.41) is 8.81. The summed E-state index contributed by atoms with van der Waals surface area (Å²) in [6.07, 6.45) is 10.3. The van der Waals surface area contributed by atoms with Crippen molar-refractivity contribution in [2.45, 2.75) is 65.2 Å². The predicted octanol–water partition coefficient (Wildman–Crippen LogP) is 5.54. The average Bonchev–Trinajstić information content (AvgIpc) is 2.49. The van der Waals surface area contributed by atoms with E-state index in [4.69, 9.17) is 9.84 Å². The van der Waals surface area contributed by atoms with Gasteiger partial charge in [0.1, 0.15) is 5.75 Å². The molecule has 0 saturated heterocycles. The lowest BCUT2D eigenvalue weighted by Crippen LogP contribution is -1.99. The number of ether oxygens (including phenoxy) is 1. The normalized spacial score (nSPS) is 10.9. The van der Waals surface area contributed by atoms with Crippen LogP contribution in [0.3, 0.4) is 0 Å². The van der Waals surface area contributed by atoms with Crippen LogP contribution >= 0.6 is 0 Å². The van der Waals surface area contributed by atoms with E-state index < -0.39 is 5.97 Å². The average molecular weight is 306 g/mol. The van der Waals surface area contributed by atoms with Crippen LogP contribution in [0.5, 0.6) is 5.75 Å². The predicted molar refractivity (Wildman–Crippen MR) is 90.7 cm³/mol. The van der Waals surface area contributed by atoms with Crippen LogP contribution in [-0.2, 0) is 0 Å². The van der Waals surface area contributed by atoms with Crippen LogP contribution in [-0.4, -0.2) is 17.7 Å². The van der Waals surface area contributed by atoms with Crippen LogP contribution in [0.4, 0.5) is 0 Å². The summed E-state index contributed by atoms with van der Waals surface area (Å²) in [5.74, 6) is 0.681. The summed E-state index contributed by atoms with van der Waals surface area (Å²) in [5.41, 5.74) is 0.296. The van der Waals surface area contributed by atoms with Crippen molar-refractivity contribution in [3.63, 3.8) is 0 Å². The minimum absolute atomic E-state index is 0.296. The molecule has 0 radical (unpaired) electrons. The van der Waals surface area contributed by atoms with Crippen molar-refractivity contribution >= 4 is 5.97 Å². The summed E-state index contributed by atoms with van der Waals surface area (Å²) in [6, 6.07) is 6.60. The van der Waals surface area contributed by atoms with E-state index in [2.05, 4.69) is 13.8 Å². The third-order valence-corrected chi connectivity index (χ3v) is 3.80. The van der Waals surface area contributed by atoms with Crippen molar-refractivity contribution in [3.8, 4) is 5.75 Å². The largest absolute Gasteiger partial charge is 0.494 e. The van der Waals surface area contributed by atoms with Gasteiger partial charge in [-0.05, 0) is 36.6 Å². The summed E-state index contributed by atoms with van der Waals surface area (Å²) in [7, 11) is 0. The molecule has 0 heterocycles. The molecule has 0 aliphatic rings. The Bertz CT molecular complexity index is 409. The molecule has 0 spiro atoms. The lowest BCUT2D eigenvalue weighted by Gasteiger charge is -2.07. The maximum absolute atomic E-state index is 10.7. The first-order valence-electron chi connectivity index (χ1n) is 8.55. The molecule has 22 heavy (non-hydrogen) atoms. The number of aromatic carboxylic acids is 1. The van der Waals surface area contributed by atoms with Gasteiger partial charge in [0, 0.05) is 0 Å². The Labute approximate surface area is 134 Å². The Morgan fingerprint density at radius 2 is 1.50 bits per heavy atom. The maximum Gasteiger partial charge on any atom is 0.335 e. The Balaban J connectivity index is 1.96. The Hall–Kier alpha value is -1.51. The van der Waals surface area contributed by atoms with Crippen LogP contribution in [0.15, 0.2) is 24.3 Å². The molecular weight excluding hydrogens is 276 g/mol. The van der Waals surface area contributed by atoms with Crippen molar-refractivity contribution < 1.29 is 14.6 Å². The third kappa shape index (κ3) is 8.71. The van der Waals surface area contributed by atoms with Crippen molar-refractivity contribution in [2.24, 2.45) is 5.92 Å². The Morgan fingerprint density at radius 1 is 0.955 bits per heavy atom. The van der Waals surface area contributed by atoms with E-state index in [1.807, 2.05) is 0 Å².